The Hall–Kier alpha value is -3.78. The van der Waals surface area contributed by atoms with Gasteiger partial charge in [0.25, 0.3) is 5.88 Å². The van der Waals surface area contributed by atoms with Gasteiger partial charge in [0.15, 0.2) is 0 Å². The molecule has 1 N–H and O–H groups in total. The van der Waals surface area contributed by atoms with Crippen LogP contribution in [0.15, 0.2) is 49.4 Å². The molecule has 0 spiro atoms. The number of nitrogens with one attached hydrogen (secondary N) is 1. The fourth-order valence-electron chi connectivity index (χ4n) is 6.10. The third-order valence-corrected chi connectivity index (χ3v) is 9.18. The van der Waals surface area contributed by atoms with Crippen LogP contribution in [0.2, 0.25) is 5.02 Å². The van der Waals surface area contributed by atoms with Gasteiger partial charge in [-0.05, 0) is 57.2 Å². The average molecular weight is 666 g/mol. The first-order valence-electron chi connectivity index (χ1n) is 16.4. The Kier molecular flexibility index (Phi) is 11.2. The summed E-state index contributed by atoms with van der Waals surface area (Å²) in [7, 11) is 1.71. The van der Waals surface area contributed by atoms with Gasteiger partial charge in [0.05, 0.1) is 49.7 Å². The molecule has 1 saturated carbocycles. The van der Waals surface area contributed by atoms with Gasteiger partial charge in [-0.1, -0.05) is 17.7 Å². The molecule has 2 aliphatic rings. The van der Waals surface area contributed by atoms with Crippen molar-refractivity contribution in [3.63, 3.8) is 0 Å². The molecular formula is C33H44ClN9O4. The number of anilines is 2. The molecule has 1 unspecified atom stereocenters. The summed E-state index contributed by atoms with van der Waals surface area (Å²) in [5, 5.41) is 12.9. The SMILES string of the molecule is COC(C)CCOc1nn(C2CCC(N3CCOCC3)CC2)cc1Nc1ncc(-c2ccc(Cl)c(O[C@@H](C)Cn3cncn3)c2)cn1. The fourth-order valence-corrected chi connectivity index (χ4v) is 6.27. The Balaban J connectivity index is 1.12. The molecule has 4 heterocycles. The van der Waals surface area contributed by atoms with Crippen molar-refractivity contribution in [2.24, 2.45) is 0 Å². The monoisotopic (exact) mass is 665 g/mol. The van der Waals surface area contributed by atoms with Gasteiger partial charge in [-0.25, -0.2) is 19.6 Å². The van der Waals surface area contributed by atoms with Crippen LogP contribution in [0.4, 0.5) is 11.6 Å². The molecule has 0 amide bonds. The van der Waals surface area contributed by atoms with Crippen molar-refractivity contribution in [1.82, 2.24) is 39.4 Å². The summed E-state index contributed by atoms with van der Waals surface area (Å²) in [4.78, 5) is 15.8. The summed E-state index contributed by atoms with van der Waals surface area (Å²) < 4.78 is 27.0. The molecule has 14 heteroatoms. The highest BCUT2D eigenvalue weighted by Gasteiger charge is 2.29. The zero-order valence-corrected chi connectivity index (χ0v) is 28.1. The molecule has 1 aliphatic carbocycles. The number of morpholine rings is 1. The van der Waals surface area contributed by atoms with E-state index in [1.165, 1.54) is 6.33 Å². The highest BCUT2D eigenvalue weighted by atomic mass is 35.5. The molecule has 13 nitrogen and oxygen atoms in total. The van der Waals surface area contributed by atoms with E-state index in [0.717, 1.165) is 75.2 Å². The van der Waals surface area contributed by atoms with Gasteiger partial charge in [-0.3, -0.25) is 9.58 Å². The average Bonchev–Trinajstić information content (AvgIpc) is 3.76. The summed E-state index contributed by atoms with van der Waals surface area (Å²) in [6.07, 6.45) is 13.9. The van der Waals surface area contributed by atoms with Gasteiger partial charge in [-0.2, -0.15) is 5.10 Å². The van der Waals surface area contributed by atoms with Crippen molar-refractivity contribution in [3.8, 4) is 22.8 Å². The topological polar surface area (TPSA) is 127 Å². The Morgan fingerprint density at radius 1 is 1.02 bits per heavy atom. The van der Waals surface area contributed by atoms with E-state index in [-0.39, 0.29) is 12.2 Å². The zero-order chi connectivity index (χ0) is 32.6. The second-order valence-corrected chi connectivity index (χ2v) is 12.6. The highest BCUT2D eigenvalue weighted by Crippen LogP contribution is 2.35. The third kappa shape index (κ3) is 8.78. The Bertz CT molecular complexity index is 1540. The molecule has 1 aliphatic heterocycles. The van der Waals surface area contributed by atoms with Gasteiger partial charge in [0.2, 0.25) is 5.95 Å². The lowest BCUT2D eigenvalue weighted by Crippen LogP contribution is -2.45. The molecule has 1 aromatic carbocycles. The molecule has 0 bridgehead atoms. The molecule has 0 radical (unpaired) electrons. The minimum absolute atomic E-state index is 0.0931. The summed E-state index contributed by atoms with van der Waals surface area (Å²) in [5.41, 5.74) is 2.46. The molecular weight excluding hydrogens is 622 g/mol. The van der Waals surface area contributed by atoms with Gasteiger partial charge in [-0.15, -0.1) is 5.10 Å². The van der Waals surface area contributed by atoms with Crippen LogP contribution in [0, 0.1) is 0 Å². The highest BCUT2D eigenvalue weighted by molar-refractivity contribution is 6.32. The lowest BCUT2D eigenvalue weighted by atomic mass is 9.90. The number of rotatable bonds is 14. The maximum atomic E-state index is 6.47. The van der Waals surface area contributed by atoms with Crippen molar-refractivity contribution < 1.29 is 18.9 Å². The van der Waals surface area contributed by atoms with Gasteiger partial charge in [0, 0.05) is 50.6 Å². The largest absolute Gasteiger partial charge is 0.487 e. The number of aromatic nitrogens is 7. The fraction of sp³-hybridized carbons (Fsp3) is 0.545. The van der Waals surface area contributed by atoms with E-state index < -0.39 is 0 Å². The second-order valence-electron chi connectivity index (χ2n) is 12.2. The van der Waals surface area contributed by atoms with E-state index in [1.54, 1.807) is 30.5 Å². The van der Waals surface area contributed by atoms with Crippen molar-refractivity contribution in [2.75, 3.05) is 45.3 Å². The molecule has 47 heavy (non-hydrogen) atoms. The van der Waals surface area contributed by atoms with Crippen molar-refractivity contribution >= 4 is 23.2 Å². The van der Waals surface area contributed by atoms with Crippen molar-refractivity contribution in [1.29, 1.82) is 0 Å². The van der Waals surface area contributed by atoms with E-state index in [0.29, 0.717) is 47.8 Å². The quantitative estimate of drug-likeness (QED) is 0.186. The molecule has 2 atom stereocenters. The van der Waals surface area contributed by atoms with Gasteiger partial charge in [0.1, 0.15) is 30.2 Å². The van der Waals surface area contributed by atoms with E-state index in [1.807, 2.05) is 38.2 Å². The maximum Gasteiger partial charge on any atom is 0.256 e. The normalized spacial score (nSPS) is 20.1. The zero-order valence-electron chi connectivity index (χ0n) is 27.3. The van der Waals surface area contributed by atoms with Crippen LogP contribution in [0.3, 0.4) is 0 Å². The first kappa shape index (κ1) is 33.1. The third-order valence-electron chi connectivity index (χ3n) is 8.87. The Labute approximate surface area is 280 Å². The van der Waals surface area contributed by atoms with Crippen LogP contribution >= 0.6 is 11.6 Å². The number of hydrogen-bond acceptors (Lipinski definition) is 11. The number of halogens is 1. The van der Waals surface area contributed by atoms with Crippen LogP contribution < -0.4 is 14.8 Å². The van der Waals surface area contributed by atoms with E-state index in [9.17, 15) is 0 Å². The summed E-state index contributed by atoms with van der Waals surface area (Å²) >= 11 is 6.47. The molecule has 4 aromatic rings. The molecule has 2 fully saturated rings. The van der Waals surface area contributed by atoms with Crippen LogP contribution in [-0.2, 0) is 16.0 Å². The number of ether oxygens (including phenoxy) is 4. The van der Waals surface area contributed by atoms with Crippen LogP contribution in [0.1, 0.15) is 52.0 Å². The predicted octanol–water partition coefficient (Wildman–Crippen LogP) is 5.42. The van der Waals surface area contributed by atoms with E-state index >= 15 is 0 Å². The summed E-state index contributed by atoms with van der Waals surface area (Å²) in [5.74, 6) is 1.57. The number of methoxy groups -OCH3 is 1. The van der Waals surface area contributed by atoms with Crippen LogP contribution in [0.5, 0.6) is 11.6 Å². The second kappa shape index (κ2) is 15.9. The van der Waals surface area contributed by atoms with Crippen molar-refractivity contribution in [2.45, 2.75) is 76.8 Å². The standard InChI is InChI=1S/C33H44ClN9O4/c1-23(44-3)10-13-46-32-30(20-43(40-32)28-7-5-27(6-8-28)41-11-14-45-15-12-41)39-33-36-17-26(18-37-33)25-4-9-29(34)31(16-25)47-24(2)19-42-22-35-21-38-42/h4,9,16-18,20-24,27-28H,5-8,10-15,19H2,1-3H3,(H,36,37,39)/t23?,24-,27?,28?/m0/s1. The van der Waals surface area contributed by atoms with Gasteiger partial charge < -0.3 is 24.3 Å². The maximum absolute atomic E-state index is 6.47. The predicted molar refractivity (Wildman–Crippen MR) is 178 cm³/mol. The smallest absolute Gasteiger partial charge is 0.256 e. The summed E-state index contributed by atoms with van der Waals surface area (Å²) in [6, 6.07) is 6.57. The number of nitrogens with zero attached hydrogens (tertiary/aromatic N) is 8. The molecule has 3 aromatic heterocycles. The minimum Gasteiger partial charge on any atom is -0.487 e. The molecule has 1 saturated heterocycles. The number of benzene rings is 1. The van der Waals surface area contributed by atoms with Crippen LogP contribution in [0.25, 0.3) is 11.1 Å². The minimum atomic E-state index is -0.165. The lowest BCUT2D eigenvalue weighted by Gasteiger charge is -2.38. The van der Waals surface area contributed by atoms with Crippen LogP contribution in [-0.4, -0.2) is 97.7 Å². The van der Waals surface area contributed by atoms with Crippen molar-refractivity contribution in [3.05, 3.63) is 54.5 Å². The van der Waals surface area contributed by atoms with E-state index in [2.05, 4.69) is 34.9 Å². The first-order chi connectivity index (χ1) is 22.9. The Morgan fingerprint density at radius 2 is 1.79 bits per heavy atom. The van der Waals surface area contributed by atoms with E-state index in [4.69, 9.17) is 35.6 Å². The number of hydrogen-bond donors (Lipinski definition) is 1. The Morgan fingerprint density at radius 3 is 2.51 bits per heavy atom. The van der Waals surface area contributed by atoms with Gasteiger partial charge >= 0.3 is 0 Å². The lowest BCUT2D eigenvalue weighted by molar-refractivity contribution is 0.00502. The summed E-state index contributed by atoms with van der Waals surface area (Å²) in [6.45, 7) is 8.74. The molecule has 6 rings (SSSR count). The first-order valence-corrected chi connectivity index (χ1v) is 16.8. The molecule has 252 valence electrons.